The molecule has 2 heterocycles. The van der Waals surface area contributed by atoms with E-state index < -0.39 is 5.97 Å². The number of imidazole rings is 1. The van der Waals surface area contributed by atoms with Crippen LogP contribution in [0.1, 0.15) is 6.92 Å². The molecule has 0 spiro atoms. The number of hydrogen-bond donors (Lipinski definition) is 0. The fourth-order valence-electron chi connectivity index (χ4n) is 1.78. The van der Waals surface area contributed by atoms with Crippen LogP contribution in [0.25, 0.3) is 11.0 Å². The standard InChI is InChI=1S/C14H11N3O3/c1-10(18)20-17-9-16-13-12(17)7-8-15-14(13)19-11-5-3-2-4-6-11/h2-9H,1H3. The molecule has 1 aromatic carbocycles. The summed E-state index contributed by atoms with van der Waals surface area (Å²) < 4.78 is 6.97. The molecule has 100 valence electrons. The van der Waals surface area contributed by atoms with E-state index in [2.05, 4.69) is 9.97 Å². The van der Waals surface area contributed by atoms with Gasteiger partial charge in [-0.05, 0) is 18.2 Å². The number of carbonyl (C=O) groups excluding carboxylic acids is 1. The molecule has 0 atom stereocenters. The molecule has 3 aromatic rings. The van der Waals surface area contributed by atoms with Gasteiger partial charge >= 0.3 is 5.97 Å². The molecular weight excluding hydrogens is 258 g/mol. The van der Waals surface area contributed by atoms with Crippen LogP contribution in [-0.4, -0.2) is 20.7 Å². The van der Waals surface area contributed by atoms with E-state index in [1.807, 2.05) is 30.3 Å². The first-order chi connectivity index (χ1) is 9.74. The van der Waals surface area contributed by atoms with Gasteiger partial charge in [-0.2, -0.15) is 4.73 Å². The Morgan fingerprint density at radius 3 is 2.70 bits per heavy atom. The average Bonchev–Trinajstić information content (AvgIpc) is 2.84. The summed E-state index contributed by atoms with van der Waals surface area (Å²) in [4.78, 5) is 24.3. The topological polar surface area (TPSA) is 66.2 Å². The van der Waals surface area contributed by atoms with E-state index in [1.165, 1.54) is 18.0 Å². The summed E-state index contributed by atoms with van der Waals surface area (Å²) in [7, 11) is 0. The van der Waals surface area contributed by atoms with Crippen LogP contribution in [0.3, 0.4) is 0 Å². The Morgan fingerprint density at radius 1 is 1.15 bits per heavy atom. The van der Waals surface area contributed by atoms with Gasteiger partial charge in [0.05, 0.1) is 0 Å². The highest BCUT2D eigenvalue weighted by Crippen LogP contribution is 2.25. The number of para-hydroxylation sites is 1. The molecule has 6 nitrogen and oxygen atoms in total. The minimum atomic E-state index is -0.424. The Balaban J connectivity index is 2.00. The molecule has 0 N–H and O–H groups in total. The van der Waals surface area contributed by atoms with Crippen molar-refractivity contribution < 1.29 is 14.4 Å². The molecule has 0 unspecified atom stereocenters. The zero-order chi connectivity index (χ0) is 13.9. The molecule has 0 saturated heterocycles. The number of aromatic nitrogens is 3. The fraction of sp³-hybridized carbons (Fsp3) is 0.0714. The summed E-state index contributed by atoms with van der Waals surface area (Å²) in [5.41, 5.74) is 1.14. The number of carbonyl (C=O) groups is 1. The highest BCUT2D eigenvalue weighted by atomic mass is 16.7. The zero-order valence-electron chi connectivity index (χ0n) is 10.7. The minimum absolute atomic E-state index is 0.361. The number of rotatable bonds is 3. The van der Waals surface area contributed by atoms with Gasteiger partial charge in [-0.1, -0.05) is 18.2 Å². The lowest BCUT2D eigenvalue weighted by Gasteiger charge is -2.05. The SMILES string of the molecule is CC(=O)On1cnc2c(Oc3ccccc3)nccc21. The first-order valence-electron chi connectivity index (χ1n) is 5.98. The Bertz CT molecular complexity index is 753. The molecule has 0 fully saturated rings. The summed E-state index contributed by atoms with van der Waals surface area (Å²) in [6.07, 6.45) is 2.98. The van der Waals surface area contributed by atoms with Gasteiger partial charge < -0.3 is 9.57 Å². The third-order valence-corrected chi connectivity index (χ3v) is 2.58. The third-order valence-electron chi connectivity index (χ3n) is 2.58. The maximum atomic E-state index is 11.0. The first-order valence-corrected chi connectivity index (χ1v) is 5.98. The predicted molar refractivity (Wildman–Crippen MR) is 71.3 cm³/mol. The Kier molecular flexibility index (Phi) is 3.04. The largest absolute Gasteiger partial charge is 0.437 e. The summed E-state index contributed by atoms with van der Waals surface area (Å²) in [5, 5.41) is 0. The normalized spacial score (nSPS) is 10.4. The summed E-state index contributed by atoms with van der Waals surface area (Å²) >= 11 is 0. The van der Waals surface area contributed by atoms with Crippen LogP contribution in [-0.2, 0) is 4.79 Å². The van der Waals surface area contributed by atoms with Crippen LogP contribution in [0, 0.1) is 0 Å². The van der Waals surface area contributed by atoms with Crippen LogP contribution in [0.5, 0.6) is 11.6 Å². The van der Waals surface area contributed by atoms with Crippen LogP contribution >= 0.6 is 0 Å². The molecular formula is C14H11N3O3. The van der Waals surface area contributed by atoms with Crippen molar-refractivity contribution >= 4 is 17.0 Å². The first kappa shape index (κ1) is 12.2. The number of hydrogen-bond acceptors (Lipinski definition) is 5. The quantitative estimate of drug-likeness (QED) is 0.729. The van der Waals surface area contributed by atoms with Crippen molar-refractivity contribution in [1.82, 2.24) is 14.7 Å². The lowest BCUT2D eigenvalue weighted by Crippen LogP contribution is -2.15. The van der Waals surface area contributed by atoms with E-state index in [1.54, 1.807) is 12.3 Å². The molecule has 3 rings (SSSR count). The Morgan fingerprint density at radius 2 is 1.95 bits per heavy atom. The lowest BCUT2D eigenvalue weighted by atomic mass is 10.3. The number of fused-ring (bicyclic) bond motifs is 1. The maximum Gasteiger partial charge on any atom is 0.329 e. The molecule has 6 heteroatoms. The Hall–Kier alpha value is -2.89. The zero-order valence-corrected chi connectivity index (χ0v) is 10.7. The summed E-state index contributed by atoms with van der Waals surface area (Å²) in [6, 6.07) is 11.0. The molecule has 2 aromatic heterocycles. The van der Waals surface area contributed by atoms with Gasteiger partial charge in [-0.3, -0.25) is 0 Å². The molecule has 0 aliphatic rings. The summed E-state index contributed by atoms with van der Waals surface area (Å²) in [6.45, 7) is 1.33. The van der Waals surface area contributed by atoms with E-state index in [4.69, 9.17) is 9.57 Å². The van der Waals surface area contributed by atoms with E-state index in [0.29, 0.717) is 22.7 Å². The molecule has 0 aliphatic carbocycles. The van der Waals surface area contributed by atoms with Crippen LogP contribution in [0.2, 0.25) is 0 Å². The van der Waals surface area contributed by atoms with Gasteiger partial charge in [0.15, 0.2) is 5.52 Å². The monoisotopic (exact) mass is 269 g/mol. The molecule has 0 saturated carbocycles. The van der Waals surface area contributed by atoms with Gasteiger partial charge in [0.1, 0.15) is 17.6 Å². The van der Waals surface area contributed by atoms with E-state index in [-0.39, 0.29) is 0 Å². The molecule has 0 bridgehead atoms. The smallest absolute Gasteiger partial charge is 0.329 e. The van der Waals surface area contributed by atoms with Gasteiger partial charge in [0, 0.05) is 13.1 Å². The van der Waals surface area contributed by atoms with Crippen LogP contribution in [0.4, 0.5) is 0 Å². The predicted octanol–water partition coefficient (Wildman–Crippen LogP) is 2.20. The molecule has 0 amide bonds. The van der Waals surface area contributed by atoms with Gasteiger partial charge in [0.25, 0.3) is 0 Å². The number of ether oxygens (including phenoxy) is 1. The lowest BCUT2D eigenvalue weighted by molar-refractivity contribution is -0.141. The second kappa shape index (κ2) is 5.00. The van der Waals surface area contributed by atoms with Gasteiger partial charge in [-0.25, -0.2) is 14.8 Å². The van der Waals surface area contributed by atoms with E-state index in [9.17, 15) is 4.79 Å². The highest BCUT2D eigenvalue weighted by molar-refractivity contribution is 5.80. The van der Waals surface area contributed by atoms with E-state index >= 15 is 0 Å². The number of benzene rings is 1. The van der Waals surface area contributed by atoms with Crippen LogP contribution < -0.4 is 9.57 Å². The maximum absolute atomic E-state index is 11.0. The van der Waals surface area contributed by atoms with Crippen molar-refractivity contribution in [3.63, 3.8) is 0 Å². The van der Waals surface area contributed by atoms with Gasteiger partial charge in [-0.15, -0.1) is 0 Å². The van der Waals surface area contributed by atoms with Crippen molar-refractivity contribution in [3.8, 4) is 11.6 Å². The number of nitrogens with zero attached hydrogens (tertiary/aromatic N) is 3. The minimum Gasteiger partial charge on any atom is -0.437 e. The second-order valence-corrected chi connectivity index (χ2v) is 4.05. The molecule has 0 aliphatic heterocycles. The fourth-order valence-corrected chi connectivity index (χ4v) is 1.78. The van der Waals surface area contributed by atoms with Crippen LogP contribution in [0.15, 0.2) is 48.9 Å². The van der Waals surface area contributed by atoms with Crippen molar-refractivity contribution in [2.24, 2.45) is 0 Å². The average molecular weight is 269 g/mol. The van der Waals surface area contributed by atoms with Crippen molar-refractivity contribution in [2.45, 2.75) is 6.92 Å². The van der Waals surface area contributed by atoms with Crippen molar-refractivity contribution in [1.29, 1.82) is 0 Å². The second-order valence-electron chi connectivity index (χ2n) is 4.05. The van der Waals surface area contributed by atoms with Crippen molar-refractivity contribution in [3.05, 3.63) is 48.9 Å². The molecule has 20 heavy (non-hydrogen) atoms. The van der Waals surface area contributed by atoms with Crippen molar-refractivity contribution in [2.75, 3.05) is 0 Å². The summed E-state index contributed by atoms with van der Waals surface area (Å²) in [5.74, 6) is 0.598. The third kappa shape index (κ3) is 2.31. The highest BCUT2D eigenvalue weighted by Gasteiger charge is 2.12. The number of pyridine rings is 1. The van der Waals surface area contributed by atoms with E-state index in [0.717, 1.165) is 0 Å². The Labute approximate surface area is 114 Å². The van der Waals surface area contributed by atoms with Gasteiger partial charge in [0.2, 0.25) is 5.88 Å². The molecule has 0 radical (unpaired) electrons.